The van der Waals surface area contributed by atoms with Crippen molar-refractivity contribution >= 4 is 27.7 Å². The zero-order valence-corrected chi connectivity index (χ0v) is 20.4. The molecular formula is C24H30N4O5S. The van der Waals surface area contributed by atoms with Gasteiger partial charge in [0.15, 0.2) is 0 Å². The van der Waals surface area contributed by atoms with Gasteiger partial charge < -0.3 is 5.32 Å². The summed E-state index contributed by atoms with van der Waals surface area (Å²) in [6, 6.07) is 12.6. The molecule has 0 saturated carbocycles. The third kappa shape index (κ3) is 6.21. The van der Waals surface area contributed by atoms with E-state index in [0.29, 0.717) is 18.7 Å². The quantitative estimate of drug-likeness (QED) is 0.539. The average molecular weight is 487 g/mol. The minimum Gasteiger partial charge on any atom is -0.343 e. The highest BCUT2D eigenvalue weighted by Gasteiger charge is 2.27. The predicted molar refractivity (Wildman–Crippen MR) is 128 cm³/mol. The van der Waals surface area contributed by atoms with Crippen LogP contribution in [0.25, 0.3) is 0 Å². The number of nitrogens with zero attached hydrogens (tertiary/aromatic N) is 1. The number of amides is 3. The van der Waals surface area contributed by atoms with Gasteiger partial charge in [-0.25, -0.2) is 8.42 Å². The first-order chi connectivity index (χ1) is 16.0. The van der Waals surface area contributed by atoms with Crippen molar-refractivity contribution in [3.8, 4) is 0 Å². The lowest BCUT2D eigenvalue weighted by Crippen LogP contribution is -2.46. The molecule has 1 fully saturated rings. The average Bonchev–Trinajstić information content (AvgIpc) is 3.36. The van der Waals surface area contributed by atoms with Crippen LogP contribution in [-0.4, -0.2) is 50.1 Å². The molecule has 10 heteroatoms. The van der Waals surface area contributed by atoms with Crippen molar-refractivity contribution in [2.75, 3.05) is 19.6 Å². The minimum absolute atomic E-state index is 0.0322. The second-order valence-corrected chi connectivity index (χ2v) is 11.1. The topological polar surface area (TPSA) is 125 Å². The SMILES string of the molecule is CC(C)(C)c1ccc(C(=O)NCC(=O)NNC(=O)c2ccc(S(=O)(=O)N3CCCC3)cc2)cc1. The number of benzene rings is 2. The number of hydrogen-bond acceptors (Lipinski definition) is 5. The Labute approximate surface area is 199 Å². The van der Waals surface area contributed by atoms with Crippen molar-refractivity contribution in [3.05, 3.63) is 65.2 Å². The molecule has 0 aliphatic carbocycles. The number of carbonyl (C=O) groups excluding carboxylic acids is 3. The lowest BCUT2D eigenvalue weighted by molar-refractivity contribution is -0.120. The Bertz CT molecular complexity index is 1150. The normalized spacial score (nSPS) is 14.4. The molecule has 0 unspecified atom stereocenters. The zero-order chi connectivity index (χ0) is 24.9. The molecule has 3 N–H and O–H groups in total. The molecule has 0 atom stereocenters. The molecular weight excluding hydrogens is 456 g/mol. The Morgan fingerprint density at radius 1 is 0.824 bits per heavy atom. The third-order valence-corrected chi connectivity index (χ3v) is 7.47. The van der Waals surface area contributed by atoms with Crippen LogP contribution in [0.4, 0.5) is 0 Å². The van der Waals surface area contributed by atoms with Gasteiger partial charge in [-0.3, -0.25) is 25.2 Å². The summed E-state index contributed by atoms with van der Waals surface area (Å²) in [5.74, 6) is -1.62. The Morgan fingerprint density at radius 3 is 1.91 bits per heavy atom. The van der Waals surface area contributed by atoms with E-state index in [0.717, 1.165) is 18.4 Å². The summed E-state index contributed by atoms with van der Waals surface area (Å²) in [6.07, 6.45) is 1.67. The van der Waals surface area contributed by atoms with Gasteiger partial charge in [-0.1, -0.05) is 32.9 Å². The van der Waals surface area contributed by atoms with Crippen molar-refractivity contribution in [2.24, 2.45) is 0 Å². The van der Waals surface area contributed by atoms with Crippen molar-refractivity contribution in [1.82, 2.24) is 20.5 Å². The standard InChI is InChI=1S/C24H30N4O5S/c1-24(2,3)19-10-6-17(7-11-19)22(30)25-16-21(29)26-27-23(31)18-8-12-20(13-9-18)34(32,33)28-14-4-5-15-28/h6-13H,4-5,14-16H2,1-3H3,(H,25,30)(H,26,29)(H,27,31). The monoisotopic (exact) mass is 486 g/mol. The Hall–Kier alpha value is -3.24. The van der Waals surface area contributed by atoms with Crippen molar-refractivity contribution in [2.45, 2.75) is 43.9 Å². The van der Waals surface area contributed by atoms with Crippen LogP contribution in [0.5, 0.6) is 0 Å². The summed E-state index contributed by atoms with van der Waals surface area (Å²) < 4.78 is 26.5. The van der Waals surface area contributed by atoms with Gasteiger partial charge in [0.25, 0.3) is 17.7 Å². The smallest absolute Gasteiger partial charge is 0.269 e. The molecule has 0 bridgehead atoms. The fourth-order valence-electron chi connectivity index (χ4n) is 3.48. The van der Waals surface area contributed by atoms with Crippen molar-refractivity contribution in [3.63, 3.8) is 0 Å². The molecule has 1 heterocycles. The molecule has 34 heavy (non-hydrogen) atoms. The van der Waals surface area contributed by atoms with Gasteiger partial charge >= 0.3 is 0 Å². The summed E-state index contributed by atoms with van der Waals surface area (Å²) in [4.78, 5) is 36.6. The fraction of sp³-hybridized carbons (Fsp3) is 0.375. The Balaban J connectivity index is 1.47. The summed E-state index contributed by atoms with van der Waals surface area (Å²) >= 11 is 0. The van der Waals surface area contributed by atoms with Gasteiger partial charge in [-0.15, -0.1) is 0 Å². The van der Waals surface area contributed by atoms with Crippen LogP contribution in [0, 0.1) is 0 Å². The number of hydrogen-bond donors (Lipinski definition) is 3. The van der Waals surface area contributed by atoms with Crippen LogP contribution < -0.4 is 16.2 Å². The van der Waals surface area contributed by atoms with E-state index in [1.807, 2.05) is 12.1 Å². The highest BCUT2D eigenvalue weighted by Crippen LogP contribution is 2.22. The summed E-state index contributed by atoms with van der Waals surface area (Å²) in [7, 11) is -3.56. The molecule has 1 aliphatic heterocycles. The van der Waals surface area contributed by atoms with Crippen molar-refractivity contribution < 1.29 is 22.8 Å². The maximum absolute atomic E-state index is 12.6. The second kappa shape index (κ2) is 10.4. The van der Waals surface area contributed by atoms with E-state index in [-0.39, 0.29) is 22.4 Å². The number of rotatable bonds is 6. The largest absolute Gasteiger partial charge is 0.343 e. The third-order valence-electron chi connectivity index (χ3n) is 5.56. The summed E-state index contributed by atoms with van der Waals surface area (Å²) in [6.45, 7) is 6.89. The van der Waals surface area contributed by atoms with Crippen LogP contribution in [0.3, 0.4) is 0 Å². The minimum atomic E-state index is -3.56. The van der Waals surface area contributed by atoms with Gasteiger partial charge in [-0.05, 0) is 60.2 Å². The first kappa shape index (κ1) is 25.4. The van der Waals surface area contributed by atoms with Gasteiger partial charge in [0.2, 0.25) is 10.0 Å². The molecule has 3 rings (SSSR count). The van der Waals surface area contributed by atoms with Gasteiger partial charge in [0.1, 0.15) is 0 Å². The summed E-state index contributed by atoms with van der Waals surface area (Å²) in [5, 5.41) is 2.50. The van der Waals surface area contributed by atoms with Gasteiger partial charge in [-0.2, -0.15) is 4.31 Å². The van der Waals surface area contributed by atoms with Crippen LogP contribution in [0.2, 0.25) is 0 Å². The molecule has 3 amide bonds. The first-order valence-electron chi connectivity index (χ1n) is 11.1. The maximum atomic E-state index is 12.6. The fourth-order valence-corrected chi connectivity index (χ4v) is 5.00. The van der Waals surface area contributed by atoms with Gasteiger partial charge in [0, 0.05) is 24.2 Å². The van der Waals surface area contributed by atoms with E-state index in [1.165, 1.54) is 28.6 Å². The zero-order valence-electron chi connectivity index (χ0n) is 19.6. The number of sulfonamides is 1. The summed E-state index contributed by atoms with van der Waals surface area (Å²) in [5.41, 5.74) is 6.14. The van der Waals surface area contributed by atoms with E-state index in [9.17, 15) is 22.8 Å². The van der Waals surface area contributed by atoms with Gasteiger partial charge in [0.05, 0.1) is 11.4 Å². The lowest BCUT2D eigenvalue weighted by Gasteiger charge is -2.19. The Morgan fingerprint density at radius 2 is 1.35 bits per heavy atom. The molecule has 2 aromatic carbocycles. The molecule has 9 nitrogen and oxygen atoms in total. The second-order valence-electron chi connectivity index (χ2n) is 9.15. The Kier molecular flexibility index (Phi) is 7.73. The highest BCUT2D eigenvalue weighted by atomic mass is 32.2. The molecule has 0 aromatic heterocycles. The first-order valence-corrected chi connectivity index (χ1v) is 12.5. The van der Waals surface area contributed by atoms with Crippen LogP contribution in [0.1, 0.15) is 59.9 Å². The van der Waals surface area contributed by atoms with Crippen molar-refractivity contribution in [1.29, 1.82) is 0 Å². The molecule has 2 aromatic rings. The maximum Gasteiger partial charge on any atom is 0.269 e. The lowest BCUT2D eigenvalue weighted by atomic mass is 9.87. The highest BCUT2D eigenvalue weighted by molar-refractivity contribution is 7.89. The molecule has 182 valence electrons. The van der Waals surface area contributed by atoms with Crippen LogP contribution >= 0.6 is 0 Å². The van der Waals surface area contributed by atoms with E-state index < -0.39 is 27.7 Å². The van der Waals surface area contributed by atoms with E-state index in [4.69, 9.17) is 0 Å². The van der Waals surface area contributed by atoms with Crippen LogP contribution in [0.15, 0.2) is 53.4 Å². The van der Waals surface area contributed by atoms with E-state index in [1.54, 1.807) is 12.1 Å². The predicted octanol–water partition coefficient (Wildman–Crippen LogP) is 1.96. The number of carbonyl (C=O) groups is 3. The van der Waals surface area contributed by atoms with E-state index >= 15 is 0 Å². The van der Waals surface area contributed by atoms with E-state index in [2.05, 4.69) is 36.9 Å². The number of hydrazine groups is 1. The molecule has 0 spiro atoms. The molecule has 1 saturated heterocycles. The molecule has 0 radical (unpaired) electrons. The molecule has 1 aliphatic rings. The number of nitrogens with one attached hydrogen (secondary N) is 3. The van der Waals surface area contributed by atoms with Crippen LogP contribution in [-0.2, 0) is 20.2 Å².